The highest BCUT2D eigenvalue weighted by Gasteiger charge is 2.35. The van der Waals surface area contributed by atoms with Gasteiger partial charge in [0.1, 0.15) is 29.9 Å². The van der Waals surface area contributed by atoms with Gasteiger partial charge in [0.25, 0.3) is 5.56 Å². The number of hydrogen-bond donors (Lipinski definition) is 0. The Balaban J connectivity index is 1.40. The van der Waals surface area contributed by atoms with Crippen molar-refractivity contribution in [3.8, 4) is 17.2 Å². The minimum atomic E-state index is -0.831. The van der Waals surface area contributed by atoms with E-state index in [0.29, 0.717) is 44.4 Å². The highest BCUT2D eigenvalue weighted by molar-refractivity contribution is 7.07. The molecular formula is C36H32N2O6S. The molecule has 228 valence electrons. The van der Waals surface area contributed by atoms with Crippen molar-refractivity contribution in [3.63, 3.8) is 0 Å². The molecule has 1 aliphatic rings. The number of benzene rings is 4. The number of nitrogens with zero attached hydrogens (tertiary/aromatic N) is 2. The Hall–Kier alpha value is -5.15. The molecule has 0 amide bonds. The molecule has 1 atom stereocenters. The SMILES string of the molecule is CCOC(=O)C1=C(C)N=c2s/c(=C/c3cccc(OCc4cccc5ccccc45)c3)c(=O)n2[C@H]1c1cc(OC)ccc1OC. The second kappa shape index (κ2) is 12.8. The van der Waals surface area contributed by atoms with Crippen LogP contribution in [0.4, 0.5) is 0 Å². The van der Waals surface area contributed by atoms with Gasteiger partial charge in [-0.2, -0.15) is 0 Å². The summed E-state index contributed by atoms with van der Waals surface area (Å²) in [5.74, 6) is 1.21. The van der Waals surface area contributed by atoms with Crippen LogP contribution in [-0.2, 0) is 16.1 Å². The third kappa shape index (κ3) is 5.86. The van der Waals surface area contributed by atoms with Crippen molar-refractivity contribution < 1.29 is 23.7 Å². The second-order valence-corrected chi connectivity index (χ2v) is 11.4. The summed E-state index contributed by atoms with van der Waals surface area (Å²) in [5, 5.41) is 2.31. The summed E-state index contributed by atoms with van der Waals surface area (Å²) in [6, 6.07) is 26.5. The van der Waals surface area contributed by atoms with Crippen LogP contribution >= 0.6 is 11.3 Å². The molecule has 0 unspecified atom stereocenters. The van der Waals surface area contributed by atoms with Gasteiger partial charge in [0, 0.05) is 5.56 Å². The highest BCUT2D eigenvalue weighted by atomic mass is 32.1. The van der Waals surface area contributed by atoms with E-state index < -0.39 is 12.0 Å². The average Bonchev–Trinajstić information content (AvgIpc) is 3.36. The zero-order valence-corrected chi connectivity index (χ0v) is 26.2. The molecule has 4 aromatic carbocycles. The van der Waals surface area contributed by atoms with Gasteiger partial charge in [0.2, 0.25) is 0 Å². The predicted molar refractivity (Wildman–Crippen MR) is 175 cm³/mol. The molecule has 1 aromatic heterocycles. The molecule has 0 spiro atoms. The molecule has 0 radical (unpaired) electrons. The number of carbonyl (C=O) groups excluding carboxylic acids is 1. The van der Waals surface area contributed by atoms with E-state index in [1.165, 1.54) is 15.9 Å². The van der Waals surface area contributed by atoms with Gasteiger partial charge in [-0.1, -0.05) is 65.9 Å². The average molecular weight is 621 g/mol. The first-order valence-corrected chi connectivity index (χ1v) is 15.3. The zero-order chi connectivity index (χ0) is 31.5. The summed E-state index contributed by atoms with van der Waals surface area (Å²) in [6.45, 7) is 4.08. The molecule has 2 heterocycles. The molecule has 0 saturated heterocycles. The van der Waals surface area contributed by atoms with Crippen LogP contribution < -0.4 is 29.1 Å². The number of carbonyl (C=O) groups is 1. The fourth-order valence-electron chi connectivity index (χ4n) is 5.56. The van der Waals surface area contributed by atoms with E-state index in [1.54, 1.807) is 46.3 Å². The Bertz CT molecular complexity index is 2120. The second-order valence-electron chi connectivity index (χ2n) is 10.4. The first kappa shape index (κ1) is 29.9. The minimum Gasteiger partial charge on any atom is -0.497 e. The Labute approximate surface area is 264 Å². The van der Waals surface area contributed by atoms with Gasteiger partial charge in [0.05, 0.1) is 36.6 Å². The first-order chi connectivity index (χ1) is 21.9. The lowest BCUT2D eigenvalue weighted by molar-refractivity contribution is -0.139. The fraction of sp³-hybridized carbons (Fsp3) is 0.194. The van der Waals surface area contributed by atoms with Crippen molar-refractivity contribution >= 4 is 34.2 Å². The Morgan fingerprint density at radius 2 is 1.76 bits per heavy atom. The Kier molecular flexibility index (Phi) is 8.53. The molecule has 0 N–H and O–H groups in total. The van der Waals surface area contributed by atoms with Crippen molar-refractivity contribution in [1.29, 1.82) is 0 Å². The number of thiazole rings is 1. The van der Waals surface area contributed by atoms with E-state index in [9.17, 15) is 9.59 Å². The number of fused-ring (bicyclic) bond motifs is 2. The summed E-state index contributed by atoms with van der Waals surface area (Å²) in [6.07, 6.45) is 1.82. The minimum absolute atomic E-state index is 0.181. The number of ether oxygens (including phenoxy) is 4. The van der Waals surface area contributed by atoms with Crippen LogP contribution in [0.5, 0.6) is 17.2 Å². The molecule has 9 heteroatoms. The molecule has 6 rings (SSSR count). The lowest BCUT2D eigenvalue weighted by Gasteiger charge is -2.26. The molecule has 5 aromatic rings. The third-order valence-corrected chi connectivity index (χ3v) is 8.66. The fourth-order valence-corrected chi connectivity index (χ4v) is 6.61. The van der Waals surface area contributed by atoms with Crippen molar-refractivity contribution in [2.45, 2.75) is 26.5 Å². The number of esters is 1. The van der Waals surface area contributed by atoms with E-state index >= 15 is 0 Å². The summed E-state index contributed by atoms with van der Waals surface area (Å²) in [4.78, 5) is 32.6. The predicted octanol–water partition coefficient (Wildman–Crippen LogP) is 5.55. The van der Waals surface area contributed by atoms with Gasteiger partial charge in [-0.15, -0.1) is 0 Å². The van der Waals surface area contributed by atoms with Crippen LogP contribution in [0.1, 0.15) is 36.6 Å². The number of aromatic nitrogens is 1. The monoisotopic (exact) mass is 620 g/mol. The van der Waals surface area contributed by atoms with Crippen LogP contribution in [0.15, 0.2) is 106 Å². The maximum absolute atomic E-state index is 14.1. The maximum atomic E-state index is 14.1. The molecule has 8 nitrogen and oxygen atoms in total. The van der Waals surface area contributed by atoms with Crippen molar-refractivity contribution in [1.82, 2.24) is 4.57 Å². The lowest BCUT2D eigenvalue weighted by atomic mass is 9.94. The molecule has 0 bridgehead atoms. The molecule has 0 fully saturated rings. The van der Waals surface area contributed by atoms with E-state index in [4.69, 9.17) is 18.9 Å². The Morgan fingerprint density at radius 1 is 0.956 bits per heavy atom. The largest absolute Gasteiger partial charge is 0.497 e. The molecule has 1 aliphatic heterocycles. The van der Waals surface area contributed by atoms with Crippen LogP contribution in [0.3, 0.4) is 0 Å². The lowest BCUT2D eigenvalue weighted by Crippen LogP contribution is -2.40. The van der Waals surface area contributed by atoms with Crippen LogP contribution in [0.25, 0.3) is 16.8 Å². The van der Waals surface area contributed by atoms with E-state index in [1.807, 2.05) is 48.5 Å². The summed E-state index contributed by atoms with van der Waals surface area (Å²) in [7, 11) is 3.11. The highest BCUT2D eigenvalue weighted by Crippen LogP contribution is 2.37. The van der Waals surface area contributed by atoms with Crippen molar-refractivity contribution in [2.75, 3.05) is 20.8 Å². The van der Waals surface area contributed by atoms with Gasteiger partial charge in [-0.25, -0.2) is 9.79 Å². The first-order valence-electron chi connectivity index (χ1n) is 14.5. The van der Waals surface area contributed by atoms with Crippen molar-refractivity contribution in [3.05, 3.63) is 133 Å². The number of allylic oxidation sites excluding steroid dienone is 1. The maximum Gasteiger partial charge on any atom is 0.338 e. The quantitative estimate of drug-likeness (QED) is 0.201. The third-order valence-electron chi connectivity index (χ3n) is 7.68. The summed E-state index contributed by atoms with van der Waals surface area (Å²) in [5.41, 5.74) is 2.93. The summed E-state index contributed by atoms with van der Waals surface area (Å²) >= 11 is 1.26. The molecule has 45 heavy (non-hydrogen) atoms. The van der Waals surface area contributed by atoms with Crippen LogP contribution in [0, 0.1) is 0 Å². The van der Waals surface area contributed by atoms with E-state index in [2.05, 4.69) is 29.3 Å². The van der Waals surface area contributed by atoms with E-state index in [-0.39, 0.29) is 17.7 Å². The van der Waals surface area contributed by atoms with E-state index in [0.717, 1.165) is 21.9 Å². The summed E-state index contributed by atoms with van der Waals surface area (Å²) < 4.78 is 24.8. The smallest absolute Gasteiger partial charge is 0.338 e. The molecule has 0 aliphatic carbocycles. The number of methoxy groups -OCH3 is 2. The van der Waals surface area contributed by atoms with Crippen LogP contribution in [0.2, 0.25) is 0 Å². The Morgan fingerprint density at radius 3 is 2.56 bits per heavy atom. The van der Waals surface area contributed by atoms with Gasteiger partial charge in [0.15, 0.2) is 4.80 Å². The standard InChI is InChI=1S/C36H32N2O6S/c1-5-43-35(40)32-22(2)37-36-38(33(32)29-20-26(41-3)16-17-30(29)42-4)34(39)31(45-36)19-23-10-8-14-27(18-23)44-21-25-13-9-12-24-11-6-7-15-28(24)25/h6-20,33H,5,21H2,1-4H3/b31-19+/t33-/m0/s1. The molecule has 0 saturated carbocycles. The van der Waals surface area contributed by atoms with Gasteiger partial charge >= 0.3 is 5.97 Å². The van der Waals surface area contributed by atoms with Gasteiger partial charge < -0.3 is 18.9 Å². The molecular weight excluding hydrogens is 588 g/mol. The topological polar surface area (TPSA) is 88.4 Å². The van der Waals surface area contributed by atoms with Gasteiger partial charge in [-0.05, 0) is 72.2 Å². The number of hydrogen-bond acceptors (Lipinski definition) is 8. The van der Waals surface area contributed by atoms with Crippen molar-refractivity contribution in [2.24, 2.45) is 4.99 Å². The van der Waals surface area contributed by atoms with Crippen LogP contribution in [-0.4, -0.2) is 31.4 Å². The normalized spacial score (nSPS) is 14.6. The zero-order valence-electron chi connectivity index (χ0n) is 25.4. The number of rotatable bonds is 9. The van der Waals surface area contributed by atoms with Gasteiger partial charge in [-0.3, -0.25) is 9.36 Å².